The molecule has 0 saturated carbocycles. The van der Waals surface area contributed by atoms with Crippen LogP contribution in [-0.2, 0) is 21.6 Å². The van der Waals surface area contributed by atoms with Gasteiger partial charge in [0.05, 0.1) is 4.90 Å². The molecule has 6 heteroatoms. The van der Waals surface area contributed by atoms with Gasteiger partial charge >= 0.3 is 29.6 Å². The second-order valence-electron chi connectivity index (χ2n) is 2.88. The van der Waals surface area contributed by atoms with Crippen molar-refractivity contribution in [3.05, 3.63) is 29.3 Å². The van der Waals surface area contributed by atoms with Crippen LogP contribution in [0.5, 0.6) is 0 Å². The predicted molar refractivity (Wildman–Crippen MR) is 49.4 cm³/mol. The zero-order valence-corrected chi connectivity index (χ0v) is 11.3. The molecule has 0 radical (unpaired) electrons. The normalized spacial score (nSPS) is 14.6. The quantitative estimate of drug-likeness (QED) is 0.434. The predicted octanol–water partition coefficient (Wildman–Crippen LogP) is -1.66. The molecule has 0 atom stereocenters. The Labute approximate surface area is 109 Å². The monoisotopic (exact) mass is 238 g/mol. The zero-order chi connectivity index (χ0) is 9.47. The van der Waals surface area contributed by atoms with Gasteiger partial charge in [-0.1, -0.05) is 6.07 Å². The number of rotatable bonds is 1. The van der Waals surface area contributed by atoms with Gasteiger partial charge in [0.1, 0.15) is 10.1 Å². The van der Waals surface area contributed by atoms with Crippen LogP contribution in [0.4, 0.5) is 0 Å². The number of hydrogen-bond acceptors (Lipinski definition) is 4. The Morgan fingerprint density at radius 3 is 2.50 bits per heavy atom. The van der Waals surface area contributed by atoms with Gasteiger partial charge in [-0.15, -0.1) is 0 Å². The van der Waals surface area contributed by atoms with Crippen LogP contribution in [0.3, 0.4) is 0 Å². The van der Waals surface area contributed by atoms with Gasteiger partial charge in [-0.25, -0.2) is 8.42 Å². The fourth-order valence-corrected chi connectivity index (χ4v) is 2.92. The van der Waals surface area contributed by atoms with E-state index in [0.29, 0.717) is 0 Å². The molecule has 1 aromatic carbocycles. The number of thioether (sulfide) groups is 1. The van der Waals surface area contributed by atoms with Gasteiger partial charge < -0.3 is 4.55 Å². The smallest absolute Gasteiger partial charge is 0.744 e. The fraction of sp³-hybridized carbons (Fsp3) is 0.250. The molecule has 3 nitrogen and oxygen atoms in total. The largest absolute Gasteiger partial charge is 1.00 e. The van der Waals surface area contributed by atoms with Crippen LogP contribution in [0, 0.1) is 0 Å². The molecule has 0 spiro atoms. The first-order chi connectivity index (χ1) is 6.07. The van der Waals surface area contributed by atoms with Gasteiger partial charge in [-0.3, -0.25) is 0 Å². The van der Waals surface area contributed by atoms with Crippen molar-refractivity contribution in [1.29, 1.82) is 0 Å². The first-order valence-corrected chi connectivity index (χ1v) is 6.29. The molecule has 1 aromatic rings. The van der Waals surface area contributed by atoms with Crippen LogP contribution in [0.25, 0.3) is 0 Å². The van der Waals surface area contributed by atoms with Gasteiger partial charge in [-0.2, -0.15) is 11.8 Å². The summed E-state index contributed by atoms with van der Waals surface area (Å²) in [4.78, 5) is -0.117. The average molecular weight is 238 g/mol. The maximum absolute atomic E-state index is 10.7. The second-order valence-corrected chi connectivity index (χ2v) is 5.24. The van der Waals surface area contributed by atoms with E-state index in [0.717, 1.165) is 22.6 Å². The molecule has 2 rings (SSSR count). The van der Waals surface area contributed by atoms with Crippen LogP contribution in [0.2, 0.25) is 0 Å². The van der Waals surface area contributed by atoms with Gasteiger partial charge in [0.25, 0.3) is 0 Å². The summed E-state index contributed by atoms with van der Waals surface area (Å²) in [5.74, 6) is 1.72. The van der Waals surface area contributed by atoms with E-state index in [9.17, 15) is 13.0 Å². The molecule has 0 bridgehead atoms. The third-order valence-corrected chi connectivity index (χ3v) is 3.84. The van der Waals surface area contributed by atoms with Crippen molar-refractivity contribution in [1.82, 2.24) is 0 Å². The van der Waals surface area contributed by atoms with Crippen LogP contribution in [-0.4, -0.2) is 13.0 Å². The molecule has 1 aliphatic rings. The molecule has 0 unspecified atom stereocenters. The second kappa shape index (κ2) is 4.55. The molecule has 0 N–H and O–H groups in total. The fourth-order valence-electron chi connectivity index (χ4n) is 1.30. The average Bonchev–Trinajstić information content (AvgIpc) is 2.47. The summed E-state index contributed by atoms with van der Waals surface area (Å²) in [7, 11) is -4.28. The van der Waals surface area contributed by atoms with Crippen LogP contribution in [0.1, 0.15) is 11.1 Å². The van der Waals surface area contributed by atoms with Gasteiger partial charge in [0.15, 0.2) is 0 Å². The number of fused-ring (bicyclic) bond motifs is 1. The van der Waals surface area contributed by atoms with Gasteiger partial charge in [0, 0.05) is 11.5 Å². The maximum Gasteiger partial charge on any atom is 1.00 e. The standard InChI is InChI=1S/C8H8O3S2.Na/c9-13(10,11)8-2-1-6-4-12-5-7(6)3-8;/h1-3H,4-5H2,(H,9,10,11);/q;+1/p-1. The Morgan fingerprint density at radius 1 is 1.21 bits per heavy atom. The molecule has 70 valence electrons. The molecule has 1 aliphatic heterocycles. The summed E-state index contributed by atoms with van der Waals surface area (Å²) in [5.41, 5.74) is 2.11. The molecular weight excluding hydrogens is 231 g/mol. The van der Waals surface area contributed by atoms with Gasteiger partial charge in [0.2, 0.25) is 0 Å². The van der Waals surface area contributed by atoms with E-state index >= 15 is 0 Å². The Kier molecular flexibility index (Phi) is 4.08. The summed E-state index contributed by atoms with van der Waals surface area (Å²) in [6, 6.07) is 4.59. The SMILES string of the molecule is O=S(=O)([O-])c1ccc2c(c1)CSC2.[Na+]. The van der Waals surface area contributed by atoms with E-state index < -0.39 is 10.1 Å². The molecule has 0 saturated heterocycles. The van der Waals surface area contributed by atoms with Crippen LogP contribution in [0.15, 0.2) is 23.1 Å². The first kappa shape index (κ1) is 12.5. The Balaban J connectivity index is 0.000000980. The minimum Gasteiger partial charge on any atom is -0.744 e. The van der Waals surface area contributed by atoms with E-state index in [2.05, 4.69) is 0 Å². The van der Waals surface area contributed by atoms with Crippen molar-refractivity contribution < 1.29 is 42.5 Å². The van der Waals surface area contributed by atoms with Crippen LogP contribution >= 0.6 is 11.8 Å². The van der Waals surface area contributed by atoms with E-state index in [1.165, 1.54) is 12.1 Å². The van der Waals surface area contributed by atoms with Crippen molar-refractivity contribution in [3.63, 3.8) is 0 Å². The minimum absolute atomic E-state index is 0. The molecule has 0 aromatic heterocycles. The third kappa shape index (κ3) is 2.53. The number of hydrogen-bond donors (Lipinski definition) is 0. The summed E-state index contributed by atoms with van der Waals surface area (Å²) in [6.45, 7) is 0. The van der Waals surface area contributed by atoms with Crippen molar-refractivity contribution in [2.75, 3.05) is 0 Å². The topological polar surface area (TPSA) is 57.2 Å². The van der Waals surface area contributed by atoms with E-state index in [1.54, 1.807) is 17.8 Å². The van der Waals surface area contributed by atoms with E-state index in [1.807, 2.05) is 0 Å². The zero-order valence-electron chi connectivity index (χ0n) is 7.69. The third-order valence-electron chi connectivity index (χ3n) is 1.98. The first-order valence-electron chi connectivity index (χ1n) is 3.73. The molecule has 1 heterocycles. The van der Waals surface area contributed by atoms with E-state index in [-0.39, 0.29) is 34.5 Å². The van der Waals surface area contributed by atoms with Crippen molar-refractivity contribution in [3.8, 4) is 0 Å². The Hall–Kier alpha value is 0.480. The minimum atomic E-state index is -4.28. The van der Waals surface area contributed by atoms with Gasteiger partial charge in [-0.05, 0) is 23.3 Å². The number of benzene rings is 1. The van der Waals surface area contributed by atoms with Crippen molar-refractivity contribution in [2.24, 2.45) is 0 Å². The summed E-state index contributed by atoms with van der Waals surface area (Å²) in [5, 5.41) is 0. The van der Waals surface area contributed by atoms with E-state index in [4.69, 9.17) is 0 Å². The molecule has 14 heavy (non-hydrogen) atoms. The molecule has 0 aliphatic carbocycles. The Bertz CT molecular complexity index is 442. The van der Waals surface area contributed by atoms with Crippen LogP contribution < -0.4 is 29.6 Å². The van der Waals surface area contributed by atoms with Crippen molar-refractivity contribution in [2.45, 2.75) is 16.4 Å². The van der Waals surface area contributed by atoms with Crippen molar-refractivity contribution >= 4 is 21.9 Å². The Morgan fingerprint density at radius 2 is 1.86 bits per heavy atom. The molecule has 0 amide bonds. The maximum atomic E-state index is 10.7. The summed E-state index contributed by atoms with van der Waals surface area (Å²) >= 11 is 1.73. The summed E-state index contributed by atoms with van der Waals surface area (Å²) < 4.78 is 32.0. The molecular formula is C8H7NaO3S2. The summed E-state index contributed by atoms with van der Waals surface area (Å²) in [6.07, 6.45) is 0. The molecule has 0 fully saturated rings.